The number of carbonyl (C=O) groups excluding carboxylic acids is 1. The minimum Gasteiger partial charge on any atom is -0.476 e. The van der Waals surface area contributed by atoms with Gasteiger partial charge in [-0.1, -0.05) is 0 Å². The standard InChI is InChI=1S/C11H10F2N4O3S/c12-9(13)5-3-6(17-16-5)10(18)14-2-1-8-15-7(4-21-8)11(19)20/h3-4,9H,1-2H2,(H,14,18)(H,16,17)(H,19,20). The maximum absolute atomic E-state index is 12.3. The zero-order chi connectivity index (χ0) is 15.4. The third kappa shape index (κ3) is 3.81. The van der Waals surface area contributed by atoms with Crippen molar-refractivity contribution in [2.45, 2.75) is 12.8 Å². The minimum atomic E-state index is -2.72. The van der Waals surface area contributed by atoms with Gasteiger partial charge in [-0.2, -0.15) is 5.10 Å². The van der Waals surface area contributed by atoms with Gasteiger partial charge in [-0.05, 0) is 6.07 Å². The molecule has 0 saturated carbocycles. The first kappa shape index (κ1) is 15.0. The number of H-pyrrole nitrogens is 1. The third-order valence-corrected chi connectivity index (χ3v) is 3.37. The number of hydrogen-bond donors (Lipinski definition) is 3. The molecule has 0 aliphatic rings. The Labute approximate surface area is 121 Å². The van der Waals surface area contributed by atoms with Crippen molar-refractivity contribution < 1.29 is 23.5 Å². The second-order valence-electron chi connectivity index (χ2n) is 3.95. The summed E-state index contributed by atoms with van der Waals surface area (Å²) in [7, 11) is 0. The van der Waals surface area contributed by atoms with Crippen LogP contribution >= 0.6 is 11.3 Å². The van der Waals surface area contributed by atoms with E-state index in [0.717, 1.165) is 6.07 Å². The summed E-state index contributed by atoms with van der Waals surface area (Å²) in [5, 5.41) is 18.7. The Hall–Kier alpha value is -2.36. The molecule has 0 fully saturated rings. The van der Waals surface area contributed by atoms with Gasteiger partial charge in [-0.25, -0.2) is 18.6 Å². The van der Waals surface area contributed by atoms with E-state index < -0.39 is 24.0 Å². The molecule has 2 heterocycles. The second kappa shape index (κ2) is 6.39. The summed E-state index contributed by atoms with van der Waals surface area (Å²) in [6.45, 7) is 0.197. The highest BCUT2D eigenvalue weighted by Gasteiger charge is 2.15. The number of alkyl halides is 2. The summed E-state index contributed by atoms with van der Waals surface area (Å²) in [5.74, 6) is -1.70. The quantitative estimate of drug-likeness (QED) is 0.748. The monoisotopic (exact) mass is 316 g/mol. The van der Waals surface area contributed by atoms with Gasteiger partial charge < -0.3 is 10.4 Å². The van der Waals surface area contributed by atoms with Crippen LogP contribution in [0, 0.1) is 0 Å². The molecule has 0 aromatic carbocycles. The van der Waals surface area contributed by atoms with Gasteiger partial charge in [0, 0.05) is 18.3 Å². The molecule has 3 N–H and O–H groups in total. The summed E-state index contributed by atoms with van der Waals surface area (Å²) in [6.07, 6.45) is -2.38. The first-order chi connectivity index (χ1) is 9.97. The van der Waals surface area contributed by atoms with Crippen molar-refractivity contribution in [3.63, 3.8) is 0 Å². The lowest BCUT2D eigenvalue weighted by molar-refractivity contribution is 0.0690. The molecule has 2 rings (SSSR count). The van der Waals surface area contributed by atoms with Crippen LogP contribution in [-0.4, -0.2) is 38.7 Å². The van der Waals surface area contributed by atoms with Crippen LogP contribution in [0.1, 0.15) is 38.1 Å². The van der Waals surface area contributed by atoms with Gasteiger partial charge in [0.2, 0.25) is 0 Å². The summed E-state index contributed by atoms with van der Waals surface area (Å²) in [4.78, 5) is 26.1. The largest absolute Gasteiger partial charge is 0.476 e. The first-order valence-corrected chi connectivity index (χ1v) is 6.64. The second-order valence-corrected chi connectivity index (χ2v) is 4.89. The van der Waals surface area contributed by atoms with Crippen molar-refractivity contribution in [2.24, 2.45) is 0 Å². The van der Waals surface area contributed by atoms with Crippen molar-refractivity contribution >= 4 is 23.2 Å². The molecule has 0 bridgehead atoms. The number of hydrogen-bond acceptors (Lipinski definition) is 5. The molecule has 1 amide bonds. The molecule has 0 saturated heterocycles. The fraction of sp³-hybridized carbons (Fsp3) is 0.273. The van der Waals surface area contributed by atoms with Crippen LogP contribution in [0.4, 0.5) is 8.78 Å². The number of halogens is 2. The van der Waals surface area contributed by atoms with E-state index >= 15 is 0 Å². The van der Waals surface area contributed by atoms with E-state index in [-0.39, 0.29) is 17.9 Å². The van der Waals surface area contributed by atoms with Crippen molar-refractivity contribution in [3.05, 3.63) is 33.5 Å². The molecule has 2 aromatic rings. The zero-order valence-corrected chi connectivity index (χ0v) is 11.3. The maximum Gasteiger partial charge on any atom is 0.355 e. The molecule has 21 heavy (non-hydrogen) atoms. The molecule has 10 heteroatoms. The lowest BCUT2D eigenvalue weighted by Crippen LogP contribution is -2.26. The van der Waals surface area contributed by atoms with Gasteiger partial charge in [-0.3, -0.25) is 9.89 Å². The van der Waals surface area contributed by atoms with Gasteiger partial charge in [0.1, 0.15) is 11.4 Å². The Morgan fingerprint density at radius 1 is 1.43 bits per heavy atom. The Morgan fingerprint density at radius 2 is 2.19 bits per heavy atom. The van der Waals surface area contributed by atoms with E-state index in [9.17, 15) is 18.4 Å². The average Bonchev–Trinajstić information content (AvgIpc) is 3.07. The number of aromatic carboxylic acids is 1. The highest BCUT2D eigenvalue weighted by Crippen LogP contribution is 2.16. The number of amides is 1. The van der Waals surface area contributed by atoms with Crippen molar-refractivity contribution in [1.82, 2.24) is 20.5 Å². The Kier molecular flexibility index (Phi) is 4.58. The molecule has 0 radical (unpaired) electrons. The fourth-order valence-corrected chi connectivity index (χ4v) is 2.23. The van der Waals surface area contributed by atoms with Gasteiger partial charge in [0.15, 0.2) is 5.69 Å². The molecule has 0 atom stereocenters. The van der Waals surface area contributed by atoms with Crippen LogP contribution in [0.25, 0.3) is 0 Å². The molecule has 2 aromatic heterocycles. The number of aromatic amines is 1. The van der Waals surface area contributed by atoms with E-state index in [4.69, 9.17) is 5.11 Å². The van der Waals surface area contributed by atoms with E-state index in [0.29, 0.717) is 11.4 Å². The molecule has 0 aliphatic heterocycles. The number of nitrogens with zero attached hydrogens (tertiary/aromatic N) is 2. The van der Waals surface area contributed by atoms with Crippen LogP contribution in [0.5, 0.6) is 0 Å². The molecular formula is C11H10F2N4O3S. The third-order valence-electron chi connectivity index (χ3n) is 2.46. The average molecular weight is 316 g/mol. The highest BCUT2D eigenvalue weighted by molar-refractivity contribution is 7.09. The van der Waals surface area contributed by atoms with Crippen molar-refractivity contribution in [2.75, 3.05) is 6.54 Å². The molecule has 0 unspecified atom stereocenters. The van der Waals surface area contributed by atoms with Crippen LogP contribution < -0.4 is 5.32 Å². The summed E-state index contributed by atoms with van der Waals surface area (Å²) < 4.78 is 24.7. The highest BCUT2D eigenvalue weighted by atomic mass is 32.1. The number of thiazole rings is 1. The number of nitrogens with one attached hydrogen (secondary N) is 2. The van der Waals surface area contributed by atoms with E-state index in [1.54, 1.807) is 0 Å². The van der Waals surface area contributed by atoms with Crippen LogP contribution in [0.3, 0.4) is 0 Å². The van der Waals surface area contributed by atoms with Crippen molar-refractivity contribution in [1.29, 1.82) is 0 Å². The number of carbonyl (C=O) groups is 2. The number of carboxylic acids is 1. The Balaban J connectivity index is 1.84. The summed E-state index contributed by atoms with van der Waals surface area (Å²) >= 11 is 1.17. The lowest BCUT2D eigenvalue weighted by atomic mass is 10.3. The van der Waals surface area contributed by atoms with Crippen LogP contribution in [-0.2, 0) is 6.42 Å². The smallest absolute Gasteiger partial charge is 0.355 e. The molecule has 0 aliphatic carbocycles. The first-order valence-electron chi connectivity index (χ1n) is 5.76. The Bertz CT molecular complexity index is 655. The van der Waals surface area contributed by atoms with Gasteiger partial charge in [0.05, 0.1) is 5.01 Å². The zero-order valence-electron chi connectivity index (χ0n) is 10.5. The molecule has 112 valence electrons. The van der Waals surface area contributed by atoms with E-state index in [1.165, 1.54) is 16.7 Å². The van der Waals surface area contributed by atoms with Gasteiger partial charge in [0.25, 0.3) is 12.3 Å². The minimum absolute atomic E-state index is 0.0461. The summed E-state index contributed by atoms with van der Waals surface area (Å²) in [5.41, 5.74) is -0.600. The predicted molar refractivity (Wildman–Crippen MR) is 68.7 cm³/mol. The van der Waals surface area contributed by atoms with E-state index in [2.05, 4.69) is 20.5 Å². The fourth-order valence-electron chi connectivity index (χ4n) is 1.46. The Morgan fingerprint density at radius 3 is 2.76 bits per heavy atom. The van der Waals surface area contributed by atoms with Crippen molar-refractivity contribution in [3.8, 4) is 0 Å². The number of aromatic nitrogens is 3. The number of rotatable bonds is 6. The molecule has 0 spiro atoms. The van der Waals surface area contributed by atoms with Crippen LogP contribution in [0.2, 0.25) is 0 Å². The van der Waals surface area contributed by atoms with Crippen LogP contribution in [0.15, 0.2) is 11.4 Å². The summed E-state index contributed by atoms with van der Waals surface area (Å²) in [6, 6.07) is 0.978. The lowest BCUT2D eigenvalue weighted by Gasteiger charge is -2.00. The topological polar surface area (TPSA) is 108 Å². The normalized spacial score (nSPS) is 10.8. The molecule has 7 nitrogen and oxygen atoms in total. The SMILES string of the molecule is O=C(O)c1csc(CCNC(=O)c2cc(C(F)F)[nH]n2)n1. The van der Waals surface area contributed by atoms with E-state index in [1.807, 2.05) is 0 Å². The molecular weight excluding hydrogens is 306 g/mol. The number of carboxylic acid groups (broad SMARTS) is 1. The predicted octanol–water partition coefficient (Wildman–Crippen LogP) is 1.47. The van der Waals surface area contributed by atoms with Gasteiger partial charge >= 0.3 is 5.97 Å². The maximum atomic E-state index is 12.3. The van der Waals surface area contributed by atoms with Gasteiger partial charge in [-0.15, -0.1) is 11.3 Å².